The summed E-state index contributed by atoms with van der Waals surface area (Å²) in [5.41, 5.74) is -1.94. The van der Waals surface area contributed by atoms with E-state index in [0.717, 1.165) is 42.5 Å². The van der Waals surface area contributed by atoms with Crippen LogP contribution in [0.5, 0.6) is 17.2 Å². The molecule has 0 saturated carbocycles. The summed E-state index contributed by atoms with van der Waals surface area (Å²) in [6, 6.07) is 8.71. The third-order valence-corrected chi connectivity index (χ3v) is 5.91. The zero-order valence-electron chi connectivity index (χ0n) is 21.1. The molecule has 0 atom stereocenters. The number of nitrogens with one attached hydrogen (secondary N) is 1. The highest BCUT2D eigenvalue weighted by Crippen LogP contribution is 2.43. The van der Waals surface area contributed by atoms with Crippen LogP contribution >= 0.6 is 11.6 Å². The number of carbonyl (C=O) groups excluding carboxylic acids is 3. The van der Waals surface area contributed by atoms with E-state index in [1.165, 1.54) is 12.1 Å². The smallest absolute Gasteiger partial charge is 0.335 e. The van der Waals surface area contributed by atoms with Gasteiger partial charge in [-0.15, -0.1) is 0 Å². The molecule has 1 heterocycles. The van der Waals surface area contributed by atoms with Gasteiger partial charge in [0.15, 0.2) is 11.5 Å². The summed E-state index contributed by atoms with van der Waals surface area (Å²) in [6.45, 7) is 1.68. The van der Waals surface area contributed by atoms with Crippen LogP contribution in [0.3, 0.4) is 0 Å². The Morgan fingerprint density at radius 3 is 2.12 bits per heavy atom. The number of ether oxygens (including phenoxy) is 2. The monoisotopic (exact) mass is 597 g/mol. The molecule has 3 aromatic carbocycles. The molecule has 214 valence electrons. The van der Waals surface area contributed by atoms with Gasteiger partial charge in [0, 0.05) is 18.2 Å². The molecule has 17 heteroatoms. The summed E-state index contributed by atoms with van der Waals surface area (Å²) in [7, 11) is 0. The number of hydrogen-bond acceptors (Lipinski definition) is 11. The number of nitro groups is 3. The number of halogens is 1. The van der Waals surface area contributed by atoms with Crippen LogP contribution in [-0.2, 0) is 9.59 Å². The topological polar surface area (TPSA) is 214 Å². The van der Waals surface area contributed by atoms with Gasteiger partial charge in [-0.1, -0.05) is 11.6 Å². The minimum absolute atomic E-state index is 0.0389. The van der Waals surface area contributed by atoms with Crippen LogP contribution < -0.4 is 19.7 Å². The molecule has 42 heavy (non-hydrogen) atoms. The van der Waals surface area contributed by atoms with Crippen molar-refractivity contribution >= 4 is 58.3 Å². The number of rotatable bonds is 9. The lowest BCUT2D eigenvalue weighted by molar-refractivity contribution is -0.394. The highest BCUT2D eigenvalue weighted by Gasteiger charge is 2.37. The molecule has 1 fully saturated rings. The standard InChI is InChI=1S/C25H16ClN5O11/c1-2-41-21-11-13(10-18(26)22(21)42-20-8-7-16(30(37)38)12-19(20)31(39)40)9-17-23(32)27-25(34)28(24(17)33)14-3-5-15(6-4-14)29(35)36/h3-12H,2H2,1H3,(H,27,32,34)/b17-9+. The minimum Gasteiger partial charge on any atom is -0.490 e. The molecular weight excluding hydrogens is 582 g/mol. The third kappa shape index (κ3) is 5.82. The first-order valence-electron chi connectivity index (χ1n) is 11.6. The van der Waals surface area contributed by atoms with Crippen LogP contribution in [0, 0.1) is 30.3 Å². The molecule has 4 amide bonds. The predicted molar refractivity (Wildman–Crippen MR) is 145 cm³/mol. The summed E-state index contributed by atoms with van der Waals surface area (Å²) in [5.74, 6) is -2.69. The summed E-state index contributed by atoms with van der Waals surface area (Å²) in [6.07, 6.45) is 1.11. The van der Waals surface area contributed by atoms with Gasteiger partial charge >= 0.3 is 11.7 Å². The molecule has 0 aliphatic carbocycles. The lowest BCUT2D eigenvalue weighted by Gasteiger charge is -2.26. The number of barbiturate groups is 1. The molecular formula is C25H16ClN5O11. The second-order valence-corrected chi connectivity index (χ2v) is 8.67. The maximum absolute atomic E-state index is 13.2. The average molecular weight is 598 g/mol. The van der Waals surface area contributed by atoms with Gasteiger partial charge in [-0.3, -0.25) is 45.2 Å². The largest absolute Gasteiger partial charge is 0.490 e. The van der Waals surface area contributed by atoms with E-state index in [1.54, 1.807) is 6.92 Å². The second-order valence-electron chi connectivity index (χ2n) is 8.26. The van der Waals surface area contributed by atoms with Gasteiger partial charge in [-0.25, -0.2) is 9.69 Å². The minimum atomic E-state index is -1.07. The van der Waals surface area contributed by atoms with Crippen molar-refractivity contribution in [3.8, 4) is 17.2 Å². The summed E-state index contributed by atoms with van der Waals surface area (Å²) >= 11 is 6.39. The van der Waals surface area contributed by atoms with Crippen LogP contribution in [0.1, 0.15) is 12.5 Å². The van der Waals surface area contributed by atoms with Gasteiger partial charge in [-0.05, 0) is 48.9 Å². The van der Waals surface area contributed by atoms with Crippen LogP contribution in [0.4, 0.5) is 27.5 Å². The highest BCUT2D eigenvalue weighted by molar-refractivity contribution is 6.39. The van der Waals surface area contributed by atoms with E-state index >= 15 is 0 Å². The number of non-ortho nitro benzene ring substituents is 2. The Labute approximate surface area is 239 Å². The van der Waals surface area contributed by atoms with E-state index in [9.17, 15) is 44.7 Å². The highest BCUT2D eigenvalue weighted by atomic mass is 35.5. The lowest BCUT2D eigenvalue weighted by Crippen LogP contribution is -2.54. The predicted octanol–water partition coefficient (Wildman–Crippen LogP) is 4.92. The SMILES string of the molecule is CCOc1cc(/C=C2\C(=O)NC(=O)N(c3ccc([N+](=O)[O-])cc3)C2=O)cc(Cl)c1Oc1ccc([N+](=O)[O-])cc1[N+](=O)[O-]. The number of nitro benzene ring substituents is 3. The van der Waals surface area contributed by atoms with Crippen LogP contribution in [0.15, 0.2) is 60.2 Å². The lowest BCUT2D eigenvalue weighted by atomic mass is 10.1. The maximum Gasteiger partial charge on any atom is 0.335 e. The van der Waals surface area contributed by atoms with E-state index in [-0.39, 0.29) is 45.8 Å². The van der Waals surface area contributed by atoms with Crippen molar-refractivity contribution in [2.24, 2.45) is 0 Å². The first-order valence-corrected chi connectivity index (χ1v) is 12.0. The first kappa shape index (κ1) is 29.1. The van der Waals surface area contributed by atoms with Crippen LogP contribution in [-0.4, -0.2) is 39.2 Å². The van der Waals surface area contributed by atoms with Gasteiger partial charge in [0.05, 0.1) is 38.2 Å². The fourth-order valence-corrected chi connectivity index (χ4v) is 4.03. The number of nitrogens with zero attached hydrogens (tertiary/aromatic N) is 4. The first-order chi connectivity index (χ1) is 19.9. The Hall–Kier alpha value is -5.90. The quantitative estimate of drug-likeness (QED) is 0.151. The van der Waals surface area contributed by atoms with Crippen molar-refractivity contribution < 1.29 is 38.6 Å². The van der Waals surface area contributed by atoms with Gasteiger partial charge in [0.2, 0.25) is 5.75 Å². The van der Waals surface area contributed by atoms with Gasteiger partial charge < -0.3 is 9.47 Å². The fraction of sp³-hybridized carbons (Fsp3) is 0.0800. The zero-order valence-corrected chi connectivity index (χ0v) is 21.9. The van der Waals surface area contributed by atoms with Gasteiger partial charge in [0.1, 0.15) is 5.57 Å². The third-order valence-electron chi connectivity index (χ3n) is 5.63. The summed E-state index contributed by atoms with van der Waals surface area (Å²) in [5, 5.41) is 35.3. The van der Waals surface area contributed by atoms with E-state index in [0.29, 0.717) is 11.0 Å². The Kier molecular flexibility index (Phi) is 8.09. The second kappa shape index (κ2) is 11.7. The van der Waals surface area contributed by atoms with Gasteiger partial charge in [0.25, 0.3) is 23.2 Å². The molecule has 1 saturated heterocycles. The number of carbonyl (C=O) groups is 3. The number of anilines is 1. The Morgan fingerprint density at radius 1 is 0.881 bits per heavy atom. The Morgan fingerprint density at radius 2 is 1.52 bits per heavy atom. The molecule has 1 N–H and O–H groups in total. The van der Waals surface area contributed by atoms with Crippen molar-refractivity contribution in [3.05, 3.63) is 101 Å². The molecule has 1 aliphatic heterocycles. The van der Waals surface area contributed by atoms with E-state index in [4.69, 9.17) is 21.1 Å². The molecule has 16 nitrogen and oxygen atoms in total. The maximum atomic E-state index is 13.2. The van der Waals surface area contributed by atoms with E-state index < -0.39 is 49.6 Å². The number of imide groups is 2. The van der Waals surface area contributed by atoms with Crippen LogP contribution in [0.25, 0.3) is 6.08 Å². The number of urea groups is 1. The van der Waals surface area contributed by atoms with E-state index in [1.807, 2.05) is 5.32 Å². The van der Waals surface area contributed by atoms with Crippen molar-refractivity contribution in [2.45, 2.75) is 6.92 Å². The number of hydrogen-bond donors (Lipinski definition) is 1. The van der Waals surface area contributed by atoms with Crippen molar-refractivity contribution in [2.75, 3.05) is 11.5 Å². The average Bonchev–Trinajstić information content (AvgIpc) is 2.93. The molecule has 0 radical (unpaired) electrons. The molecule has 1 aliphatic rings. The van der Waals surface area contributed by atoms with E-state index in [2.05, 4.69) is 0 Å². The molecule has 0 bridgehead atoms. The molecule has 3 aromatic rings. The zero-order chi connectivity index (χ0) is 30.7. The molecule has 0 spiro atoms. The summed E-state index contributed by atoms with van der Waals surface area (Å²) in [4.78, 5) is 70.0. The molecule has 0 aromatic heterocycles. The molecule has 4 rings (SSSR count). The fourth-order valence-electron chi connectivity index (χ4n) is 3.77. The van der Waals surface area contributed by atoms with Crippen molar-refractivity contribution in [1.29, 1.82) is 0 Å². The number of benzene rings is 3. The Balaban J connectivity index is 1.73. The normalized spacial score (nSPS) is 14.0. The Bertz CT molecular complexity index is 1710. The summed E-state index contributed by atoms with van der Waals surface area (Å²) < 4.78 is 11.2. The van der Waals surface area contributed by atoms with Crippen LogP contribution in [0.2, 0.25) is 5.02 Å². The van der Waals surface area contributed by atoms with Gasteiger partial charge in [-0.2, -0.15) is 0 Å². The van der Waals surface area contributed by atoms with Crippen molar-refractivity contribution in [3.63, 3.8) is 0 Å². The van der Waals surface area contributed by atoms with Crippen molar-refractivity contribution in [1.82, 2.24) is 5.32 Å². The molecule has 0 unspecified atom stereocenters. The number of amides is 4.